The first kappa shape index (κ1) is 17.9. The van der Waals surface area contributed by atoms with Crippen molar-refractivity contribution in [1.82, 2.24) is 0 Å². The van der Waals surface area contributed by atoms with E-state index in [4.69, 9.17) is 9.47 Å². The van der Waals surface area contributed by atoms with E-state index in [9.17, 15) is 4.79 Å². The second-order valence-corrected chi connectivity index (χ2v) is 6.11. The van der Waals surface area contributed by atoms with Crippen LogP contribution in [0.5, 0.6) is 5.75 Å². The second kappa shape index (κ2) is 8.48. The molecule has 0 fully saturated rings. The Bertz CT molecular complexity index is 835. The van der Waals surface area contributed by atoms with Crippen LogP contribution < -0.4 is 4.74 Å². The van der Waals surface area contributed by atoms with Crippen molar-refractivity contribution < 1.29 is 14.3 Å². The highest BCUT2D eigenvalue weighted by Crippen LogP contribution is 2.24. The Morgan fingerprint density at radius 1 is 1.08 bits per heavy atom. The van der Waals surface area contributed by atoms with Gasteiger partial charge in [-0.25, -0.2) is 9.79 Å². The Balaban J connectivity index is 1.83. The molecule has 1 heterocycles. The monoisotopic (exact) mass is 349 g/mol. The highest BCUT2D eigenvalue weighted by molar-refractivity contribution is 6.12. The highest BCUT2D eigenvalue weighted by Gasteiger charge is 2.24. The fourth-order valence-corrected chi connectivity index (χ4v) is 2.76. The number of benzene rings is 2. The van der Waals surface area contributed by atoms with Gasteiger partial charge in [0.05, 0.1) is 6.61 Å². The lowest BCUT2D eigenvalue weighted by Crippen LogP contribution is -2.05. The molecule has 0 spiro atoms. The molecule has 3 rings (SSSR count). The van der Waals surface area contributed by atoms with Crippen molar-refractivity contribution in [3.63, 3.8) is 0 Å². The van der Waals surface area contributed by atoms with Gasteiger partial charge in [-0.05, 0) is 49.6 Å². The highest BCUT2D eigenvalue weighted by atomic mass is 16.6. The summed E-state index contributed by atoms with van der Waals surface area (Å²) in [5.41, 5.74) is 3.17. The number of esters is 1. The van der Waals surface area contributed by atoms with Crippen molar-refractivity contribution in [2.24, 2.45) is 4.99 Å². The van der Waals surface area contributed by atoms with Gasteiger partial charge in [0, 0.05) is 11.1 Å². The molecular weight excluding hydrogens is 326 g/mol. The second-order valence-electron chi connectivity index (χ2n) is 6.11. The van der Waals surface area contributed by atoms with E-state index >= 15 is 0 Å². The van der Waals surface area contributed by atoms with E-state index < -0.39 is 5.97 Å². The van der Waals surface area contributed by atoms with Crippen LogP contribution in [0.15, 0.2) is 59.2 Å². The van der Waals surface area contributed by atoms with Crippen molar-refractivity contribution in [3.05, 3.63) is 70.9 Å². The molecule has 0 N–H and O–H groups in total. The Morgan fingerprint density at radius 3 is 2.58 bits per heavy atom. The number of unbranched alkanes of at least 4 members (excludes halogenated alkanes) is 1. The average Bonchev–Trinajstić information content (AvgIpc) is 3.03. The Kier molecular flexibility index (Phi) is 5.84. The number of hydrogen-bond acceptors (Lipinski definition) is 4. The van der Waals surface area contributed by atoms with Gasteiger partial charge in [0.1, 0.15) is 5.75 Å². The van der Waals surface area contributed by atoms with Gasteiger partial charge in [0.25, 0.3) is 0 Å². The summed E-state index contributed by atoms with van der Waals surface area (Å²) in [5.74, 6) is 0.623. The van der Waals surface area contributed by atoms with Crippen molar-refractivity contribution in [2.75, 3.05) is 6.61 Å². The summed E-state index contributed by atoms with van der Waals surface area (Å²) in [6.07, 6.45) is 5.10. The molecule has 2 aromatic carbocycles. The van der Waals surface area contributed by atoms with E-state index in [0.717, 1.165) is 23.3 Å². The number of para-hydroxylation sites is 1. The molecule has 4 nitrogen and oxygen atoms in total. The largest absolute Gasteiger partial charge is 0.493 e. The van der Waals surface area contributed by atoms with Crippen LogP contribution in [0.1, 0.15) is 43.4 Å². The molecule has 0 saturated heterocycles. The number of aryl methyl sites for hydroxylation is 1. The number of nitrogens with zero attached hydrogens (tertiary/aromatic N) is 1. The maximum Gasteiger partial charge on any atom is 0.363 e. The van der Waals surface area contributed by atoms with Gasteiger partial charge < -0.3 is 9.47 Å². The van der Waals surface area contributed by atoms with E-state index in [2.05, 4.69) is 24.0 Å². The van der Waals surface area contributed by atoms with Gasteiger partial charge in [-0.15, -0.1) is 0 Å². The van der Waals surface area contributed by atoms with E-state index in [-0.39, 0.29) is 5.70 Å². The number of aliphatic imine (C=N–C) groups is 1. The average molecular weight is 349 g/mol. The molecule has 0 atom stereocenters. The summed E-state index contributed by atoms with van der Waals surface area (Å²) in [6.45, 7) is 4.66. The molecular formula is C22H23NO3. The van der Waals surface area contributed by atoms with Gasteiger partial charge in [-0.3, -0.25) is 0 Å². The maximum absolute atomic E-state index is 12.2. The summed E-state index contributed by atoms with van der Waals surface area (Å²) in [4.78, 5) is 16.6. The van der Waals surface area contributed by atoms with Crippen molar-refractivity contribution >= 4 is 17.9 Å². The predicted molar refractivity (Wildman–Crippen MR) is 103 cm³/mol. The lowest BCUT2D eigenvalue weighted by atomic mass is 10.1. The Labute approximate surface area is 154 Å². The normalized spacial score (nSPS) is 15.1. The first-order chi connectivity index (χ1) is 12.7. The number of ether oxygens (including phenoxy) is 2. The summed E-state index contributed by atoms with van der Waals surface area (Å²) >= 11 is 0. The quantitative estimate of drug-likeness (QED) is 0.534. The molecule has 26 heavy (non-hydrogen) atoms. The van der Waals surface area contributed by atoms with Crippen LogP contribution >= 0.6 is 0 Å². The third kappa shape index (κ3) is 4.20. The van der Waals surface area contributed by atoms with Gasteiger partial charge in [0.15, 0.2) is 5.70 Å². The van der Waals surface area contributed by atoms with Crippen LogP contribution in [0.3, 0.4) is 0 Å². The molecule has 1 aliphatic heterocycles. The van der Waals surface area contributed by atoms with E-state index in [1.54, 1.807) is 6.08 Å². The molecule has 1 aliphatic rings. The standard InChI is InChI=1S/C22H23NO3/c1-3-5-8-16-11-13-17(14-12-16)21-23-19(22(24)26-21)15-18-9-6-7-10-20(18)25-4-2/h6-7,9-15H,3-5,8H2,1-2H3. The minimum atomic E-state index is -0.443. The summed E-state index contributed by atoms with van der Waals surface area (Å²) < 4.78 is 10.9. The number of carbonyl (C=O) groups excluding carboxylic acids is 1. The van der Waals surface area contributed by atoms with Gasteiger partial charge >= 0.3 is 5.97 Å². The topological polar surface area (TPSA) is 47.9 Å². The smallest absolute Gasteiger partial charge is 0.363 e. The number of cyclic esters (lactones) is 1. The lowest BCUT2D eigenvalue weighted by molar-refractivity contribution is -0.129. The number of rotatable bonds is 7. The molecule has 0 aromatic heterocycles. The Morgan fingerprint density at radius 2 is 1.85 bits per heavy atom. The number of hydrogen-bond donors (Lipinski definition) is 0. The SMILES string of the molecule is CCCCc1ccc(C2=NC(=Cc3ccccc3OCC)C(=O)O2)cc1. The van der Waals surface area contributed by atoms with E-state index in [1.165, 1.54) is 18.4 Å². The first-order valence-corrected chi connectivity index (χ1v) is 9.05. The zero-order chi connectivity index (χ0) is 18.4. The molecule has 2 aromatic rings. The maximum atomic E-state index is 12.2. The van der Waals surface area contributed by atoms with Crippen LogP contribution in [0, 0.1) is 0 Å². The molecule has 0 saturated carbocycles. The summed E-state index contributed by atoms with van der Waals surface area (Å²) in [7, 11) is 0. The van der Waals surface area contributed by atoms with Crippen LogP contribution in [0.2, 0.25) is 0 Å². The fourth-order valence-electron chi connectivity index (χ4n) is 2.76. The van der Waals surface area contributed by atoms with Crippen LogP contribution in [0.4, 0.5) is 0 Å². The molecule has 0 aliphatic carbocycles. The van der Waals surface area contributed by atoms with Crippen molar-refractivity contribution in [2.45, 2.75) is 33.1 Å². The van der Waals surface area contributed by atoms with Crippen molar-refractivity contribution in [3.8, 4) is 5.75 Å². The van der Waals surface area contributed by atoms with E-state index in [0.29, 0.717) is 12.5 Å². The first-order valence-electron chi connectivity index (χ1n) is 9.05. The lowest BCUT2D eigenvalue weighted by Gasteiger charge is -2.06. The van der Waals surface area contributed by atoms with Crippen LogP contribution in [-0.4, -0.2) is 18.5 Å². The van der Waals surface area contributed by atoms with Crippen LogP contribution in [0.25, 0.3) is 6.08 Å². The molecule has 0 radical (unpaired) electrons. The predicted octanol–water partition coefficient (Wildman–Crippen LogP) is 4.77. The Hall–Kier alpha value is -2.88. The summed E-state index contributed by atoms with van der Waals surface area (Å²) in [5, 5.41) is 0. The third-order valence-electron chi connectivity index (χ3n) is 4.15. The van der Waals surface area contributed by atoms with E-state index in [1.807, 2.05) is 43.3 Å². The van der Waals surface area contributed by atoms with Gasteiger partial charge in [0.2, 0.25) is 5.90 Å². The minimum Gasteiger partial charge on any atom is -0.493 e. The summed E-state index contributed by atoms with van der Waals surface area (Å²) in [6, 6.07) is 15.6. The molecule has 4 heteroatoms. The van der Waals surface area contributed by atoms with Crippen molar-refractivity contribution in [1.29, 1.82) is 0 Å². The number of carbonyl (C=O) groups is 1. The molecule has 134 valence electrons. The zero-order valence-electron chi connectivity index (χ0n) is 15.2. The molecule has 0 amide bonds. The fraction of sp³-hybridized carbons (Fsp3) is 0.273. The van der Waals surface area contributed by atoms with Gasteiger partial charge in [-0.2, -0.15) is 0 Å². The zero-order valence-corrected chi connectivity index (χ0v) is 15.2. The third-order valence-corrected chi connectivity index (χ3v) is 4.15. The van der Waals surface area contributed by atoms with Gasteiger partial charge in [-0.1, -0.05) is 43.7 Å². The van der Waals surface area contributed by atoms with Crippen LogP contribution in [-0.2, 0) is 16.0 Å². The molecule has 0 unspecified atom stereocenters. The molecule has 0 bridgehead atoms. The minimum absolute atomic E-state index is 0.280.